The Kier molecular flexibility index (Phi) is 3.37. The van der Waals surface area contributed by atoms with Crippen LogP contribution in [0.25, 0.3) is 0 Å². The fourth-order valence-electron chi connectivity index (χ4n) is 1.78. The van der Waals surface area contributed by atoms with Crippen molar-refractivity contribution in [2.75, 3.05) is 7.05 Å². The first-order valence-electron chi connectivity index (χ1n) is 5.50. The van der Waals surface area contributed by atoms with Gasteiger partial charge in [0.25, 0.3) is 0 Å². The van der Waals surface area contributed by atoms with Gasteiger partial charge < -0.3 is 5.32 Å². The van der Waals surface area contributed by atoms with E-state index < -0.39 is 0 Å². The fourth-order valence-corrected chi connectivity index (χ4v) is 1.78. The Balaban J connectivity index is 2.15. The Morgan fingerprint density at radius 3 is 2.75 bits per heavy atom. The van der Waals surface area contributed by atoms with E-state index in [1.54, 1.807) is 0 Å². The van der Waals surface area contributed by atoms with Gasteiger partial charge in [-0.25, -0.2) is 0 Å². The lowest BCUT2D eigenvalue weighted by molar-refractivity contribution is 0.664. The molecule has 2 rings (SSSR count). The summed E-state index contributed by atoms with van der Waals surface area (Å²) >= 11 is 0. The predicted octanol–water partition coefficient (Wildman–Crippen LogP) is 1.96. The van der Waals surface area contributed by atoms with Gasteiger partial charge in [-0.3, -0.25) is 4.68 Å². The average Bonchev–Trinajstić information content (AvgIpc) is 2.66. The molecular formula is C13H17N3. The minimum atomic E-state index is 0.844. The standard InChI is InChI=1S/C13H17N3/c1-11-6-7-15-16(11)10-13-5-3-4-12(8-13)9-14-2/h3-8,14H,9-10H2,1-2H3. The van der Waals surface area contributed by atoms with Gasteiger partial charge in [-0.2, -0.15) is 5.10 Å². The van der Waals surface area contributed by atoms with Crippen LogP contribution in [0.3, 0.4) is 0 Å². The molecule has 3 nitrogen and oxygen atoms in total. The minimum absolute atomic E-state index is 0.844. The zero-order valence-corrected chi connectivity index (χ0v) is 9.77. The van der Waals surface area contributed by atoms with Crippen LogP contribution in [0.4, 0.5) is 0 Å². The van der Waals surface area contributed by atoms with Crippen LogP contribution in [0, 0.1) is 6.92 Å². The molecule has 0 aliphatic heterocycles. The number of aryl methyl sites for hydroxylation is 1. The molecule has 0 aliphatic carbocycles. The van der Waals surface area contributed by atoms with E-state index in [2.05, 4.69) is 41.6 Å². The Labute approximate surface area is 96.1 Å². The summed E-state index contributed by atoms with van der Waals surface area (Å²) in [5, 5.41) is 7.45. The summed E-state index contributed by atoms with van der Waals surface area (Å²) in [6.07, 6.45) is 1.84. The van der Waals surface area contributed by atoms with Gasteiger partial charge in [0, 0.05) is 18.4 Å². The van der Waals surface area contributed by atoms with Crippen LogP contribution in [-0.2, 0) is 13.1 Å². The van der Waals surface area contributed by atoms with Gasteiger partial charge in [0.05, 0.1) is 6.54 Å². The van der Waals surface area contributed by atoms with Crippen LogP contribution in [0.1, 0.15) is 16.8 Å². The van der Waals surface area contributed by atoms with Gasteiger partial charge in [-0.15, -0.1) is 0 Å². The highest BCUT2D eigenvalue weighted by molar-refractivity contribution is 5.23. The Morgan fingerprint density at radius 2 is 2.06 bits per heavy atom. The molecule has 1 aromatic heterocycles. The molecule has 1 aromatic carbocycles. The molecule has 1 heterocycles. The molecule has 16 heavy (non-hydrogen) atoms. The molecule has 0 atom stereocenters. The highest BCUT2D eigenvalue weighted by atomic mass is 15.3. The summed E-state index contributed by atoms with van der Waals surface area (Å²) in [6.45, 7) is 3.83. The maximum atomic E-state index is 4.29. The van der Waals surface area contributed by atoms with Crippen molar-refractivity contribution in [1.82, 2.24) is 15.1 Å². The van der Waals surface area contributed by atoms with E-state index in [0.29, 0.717) is 0 Å². The second kappa shape index (κ2) is 4.94. The lowest BCUT2D eigenvalue weighted by Gasteiger charge is -2.07. The topological polar surface area (TPSA) is 29.9 Å². The first-order valence-corrected chi connectivity index (χ1v) is 5.50. The number of hydrogen-bond donors (Lipinski definition) is 1. The van der Waals surface area contributed by atoms with E-state index in [1.165, 1.54) is 16.8 Å². The summed E-state index contributed by atoms with van der Waals surface area (Å²) in [6, 6.07) is 10.6. The van der Waals surface area contributed by atoms with Crippen molar-refractivity contribution in [3.63, 3.8) is 0 Å². The smallest absolute Gasteiger partial charge is 0.0662 e. The van der Waals surface area contributed by atoms with E-state index in [1.807, 2.05) is 24.0 Å². The lowest BCUT2D eigenvalue weighted by Crippen LogP contribution is -2.07. The fraction of sp³-hybridized carbons (Fsp3) is 0.308. The van der Waals surface area contributed by atoms with Crippen LogP contribution >= 0.6 is 0 Å². The molecule has 0 aliphatic rings. The molecule has 0 radical (unpaired) electrons. The molecule has 0 fully saturated rings. The molecule has 0 amide bonds. The minimum Gasteiger partial charge on any atom is -0.316 e. The van der Waals surface area contributed by atoms with Crippen LogP contribution in [0.2, 0.25) is 0 Å². The molecule has 0 saturated carbocycles. The second-order valence-electron chi connectivity index (χ2n) is 3.98. The zero-order chi connectivity index (χ0) is 11.4. The van der Waals surface area contributed by atoms with Crippen molar-refractivity contribution in [2.24, 2.45) is 0 Å². The number of nitrogens with zero attached hydrogens (tertiary/aromatic N) is 2. The summed E-state index contributed by atoms with van der Waals surface area (Å²) in [4.78, 5) is 0. The molecule has 2 aromatic rings. The van der Waals surface area contributed by atoms with Crippen LogP contribution in [0.15, 0.2) is 36.5 Å². The van der Waals surface area contributed by atoms with E-state index in [0.717, 1.165) is 13.1 Å². The average molecular weight is 215 g/mol. The van der Waals surface area contributed by atoms with Gasteiger partial charge in [0.15, 0.2) is 0 Å². The molecule has 0 bridgehead atoms. The highest BCUT2D eigenvalue weighted by Crippen LogP contribution is 2.08. The first kappa shape index (κ1) is 10.9. The van der Waals surface area contributed by atoms with Crippen molar-refractivity contribution >= 4 is 0 Å². The first-order chi connectivity index (χ1) is 7.79. The molecule has 0 unspecified atom stereocenters. The van der Waals surface area contributed by atoms with Gasteiger partial charge in [-0.1, -0.05) is 24.3 Å². The van der Waals surface area contributed by atoms with Crippen LogP contribution < -0.4 is 5.32 Å². The van der Waals surface area contributed by atoms with Gasteiger partial charge in [0.1, 0.15) is 0 Å². The number of hydrogen-bond acceptors (Lipinski definition) is 2. The van der Waals surface area contributed by atoms with E-state index in [4.69, 9.17) is 0 Å². The summed E-state index contributed by atoms with van der Waals surface area (Å²) < 4.78 is 2.01. The van der Waals surface area contributed by atoms with E-state index in [9.17, 15) is 0 Å². The molecule has 3 heteroatoms. The maximum Gasteiger partial charge on any atom is 0.0662 e. The summed E-state index contributed by atoms with van der Waals surface area (Å²) in [7, 11) is 1.96. The molecule has 1 N–H and O–H groups in total. The van der Waals surface area contributed by atoms with E-state index >= 15 is 0 Å². The van der Waals surface area contributed by atoms with Crippen LogP contribution in [-0.4, -0.2) is 16.8 Å². The molecule has 84 valence electrons. The molecule has 0 spiro atoms. The van der Waals surface area contributed by atoms with Crippen molar-refractivity contribution in [2.45, 2.75) is 20.0 Å². The van der Waals surface area contributed by atoms with Gasteiger partial charge in [0.2, 0.25) is 0 Å². The third kappa shape index (κ3) is 2.49. The van der Waals surface area contributed by atoms with Gasteiger partial charge >= 0.3 is 0 Å². The largest absolute Gasteiger partial charge is 0.316 e. The number of rotatable bonds is 4. The second-order valence-corrected chi connectivity index (χ2v) is 3.98. The lowest BCUT2D eigenvalue weighted by atomic mass is 10.1. The van der Waals surface area contributed by atoms with Crippen molar-refractivity contribution in [3.05, 3.63) is 53.3 Å². The normalized spacial score (nSPS) is 10.6. The van der Waals surface area contributed by atoms with Crippen molar-refractivity contribution in [3.8, 4) is 0 Å². The number of benzene rings is 1. The molecular weight excluding hydrogens is 198 g/mol. The quantitative estimate of drug-likeness (QED) is 0.845. The third-order valence-electron chi connectivity index (χ3n) is 2.63. The monoisotopic (exact) mass is 215 g/mol. The van der Waals surface area contributed by atoms with Crippen molar-refractivity contribution in [1.29, 1.82) is 0 Å². The maximum absolute atomic E-state index is 4.29. The Bertz CT molecular complexity index is 460. The third-order valence-corrected chi connectivity index (χ3v) is 2.63. The van der Waals surface area contributed by atoms with Crippen molar-refractivity contribution < 1.29 is 0 Å². The van der Waals surface area contributed by atoms with Gasteiger partial charge in [-0.05, 0) is 31.2 Å². The Hall–Kier alpha value is -1.61. The summed E-state index contributed by atoms with van der Waals surface area (Å²) in [5.74, 6) is 0. The highest BCUT2D eigenvalue weighted by Gasteiger charge is 1.99. The predicted molar refractivity (Wildman–Crippen MR) is 65.3 cm³/mol. The SMILES string of the molecule is CNCc1cccc(Cn2nccc2C)c1. The van der Waals surface area contributed by atoms with Crippen LogP contribution in [0.5, 0.6) is 0 Å². The summed E-state index contributed by atoms with van der Waals surface area (Å²) in [5.41, 5.74) is 3.79. The number of aromatic nitrogens is 2. The zero-order valence-electron chi connectivity index (χ0n) is 9.77. The Morgan fingerprint density at radius 1 is 1.25 bits per heavy atom. The van der Waals surface area contributed by atoms with E-state index in [-0.39, 0.29) is 0 Å². The number of nitrogens with one attached hydrogen (secondary N) is 1. The molecule has 0 saturated heterocycles.